The summed E-state index contributed by atoms with van der Waals surface area (Å²) in [5, 5.41) is 2.62. The van der Waals surface area contributed by atoms with Crippen LogP contribution in [0, 0.1) is 6.92 Å². The molecule has 2 rings (SSSR count). The van der Waals surface area contributed by atoms with E-state index in [0.29, 0.717) is 23.7 Å². The van der Waals surface area contributed by atoms with Gasteiger partial charge in [0.15, 0.2) is 18.0 Å². The van der Waals surface area contributed by atoms with Crippen molar-refractivity contribution in [3.63, 3.8) is 0 Å². The van der Waals surface area contributed by atoms with Gasteiger partial charge in [-0.05, 0) is 48.9 Å². The number of methoxy groups -OCH3 is 2. The molecule has 0 aliphatic rings. The van der Waals surface area contributed by atoms with Crippen LogP contribution in [0.4, 0.5) is 18.9 Å². The number of benzene rings is 2. The van der Waals surface area contributed by atoms with Crippen molar-refractivity contribution >= 4 is 11.6 Å². The number of hydrogen-bond acceptors (Lipinski definition) is 3. The number of rotatable bonds is 7. The van der Waals surface area contributed by atoms with Crippen molar-refractivity contribution in [1.82, 2.24) is 0 Å². The Morgan fingerprint density at radius 1 is 1.07 bits per heavy atom. The molecule has 2 aromatic carbocycles. The molecule has 1 atom stereocenters. The zero-order valence-electron chi connectivity index (χ0n) is 16.2. The van der Waals surface area contributed by atoms with Crippen molar-refractivity contribution < 1.29 is 32.3 Å². The normalized spacial score (nSPS) is 12.4. The molecule has 5 nitrogen and oxygen atoms in total. The van der Waals surface area contributed by atoms with Gasteiger partial charge in [0.2, 0.25) is 0 Å². The molecular weight excluding hydrogens is 373 g/mol. The SMILES string of the molecule is COc1cc(C)c(C[NH+](C)CC(=O)Nc2ccc(C(F)(F)F)cc2)cc1OC. The van der Waals surface area contributed by atoms with Gasteiger partial charge in [-0.2, -0.15) is 13.2 Å². The molecule has 0 aliphatic heterocycles. The number of nitrogens with one attached hydrogen (secondary N) is 2. The van der Waals surface area contributed by atoms with E-state index in [-0.39, 0.29) is 12.5 Å². The van der Waals surface area contributed by atoms with Crippen LogP contribution in [0.3, 0.4) is 0 Å². The second-order valence-corrected chi connectivity index (χ2v) is 6.57. The van der Waals surface area contributed by atoms with Crippen molar-refractivity contribution in [3.8, 4) is 11.5 Å². The van der Waals surface area contributed by atoms with E-state index in [4.69, 9.17) is 9.47 Å². The summed E-state index contributed by atoms with van der Waals surface area (Å²) < 4.78 is 48.3. The number of ether oxygens (including phenoxy) is 2. The van der Waals surface area contributed by atoms with Crippen molar-refractivity contribution in [2.75, 3.05) is 33.1 Å². The van der Waals surface area contributed by atoms with Crippen LogP contribution in [0.15, 0.2) is 36.4 Å². The Morgan fingerprint density at radius 3 is 2.18 bits per heavy atom. The highest BCUT2D eigenvalue weighted by Crippen LogP contribution is 2.30. The van der Waals surface area contributed by atoms with Gasteiger partial charge in [0.25, 0.3) is 5.91 Å². The molecule has 0 aliphatic carbocycles. The number of anilines is 1. The quantitative estimate of drug-likeness (QED) is 0.756. The van der Waals surface area contributed by atoms with Gasteiger partial charge in [-0.1, -0.05) is 0 Å². The highest BCUT2D eigenvalue weighted by molar-refractivity contribution is 5.91. The summed E-state index contributed by atoms with van der Waals surface area (Å²) in [4.78, 5) is 13.1. The standard InChI is InChI=1S/C20H23F3N2O3/c1-13-9-17(27-3)18(28-4)10-14(13)11-25(2)12-19(26)24-16-7-5-15(6-8-16)20(21,22)23/h5-10H,11-12H2,1-4H3,(H,24,26)/p+1. The fourth-order valence-electron chi connectivity index (χ4n) is 2.82. The van der Waals surface area contributed by atoms with E-state index in [1.807, 2.05) is 26.1 Å². The van der Waals surface area contributed by atoms with Gasteiger partial charge in [0.1, 0.15) is 6.54 Å². The van der Waals surface area contributed by atoms with Crippen LogP contribution in [-0.2, 0) is 17.5 Å². The monoisotopic (exact) mass is 397 g/mol. The van der Waals surface area contributed by atoms with E-state index in [1.54, 1.807) is 14.2 Å². The number of halogens is 3. The minimum absolute atomic E-state index is 0.162. The van der Waals surface area contributed by atoms with Gasteiger partial charge in [-0.3, -0.25) is 4.79 Å². The average molecular weight is 397 g/mol. The molecule has 0 bridgehead atoms. The molecule has 8 heteroatoms. The number of carbonyl (C=O) groups excluding carboxylic acids is 1. The van der Waals surface area contributed by atoms with Crippen LogP contribution >= 0.6 is 0 Å². The van der Waals surface area contributed by atoms with E-state index in [0.717, 1.165) is 28.2 Å². The maximum Gasteiger partial charge on any atom is 0.416 e. The topological polar surface area (TPSA) is 52.0 Å². The molecular formula is C20H24F3N2O3+. The molecule has 0 heterocycles. The molecule has 0 radical (unpaired) electrons. The molecule has 0 saturated carbocycles. The fourth-order valence-corrected chi connectivity index (χ4v) is 2.82. The lowest BCUT2D eigenvalue weighted by molar-refractivity contribution is -0.885. The van der Waals surface area contributed by atoms with Gasteiger partial charge in [0, 0.05) is 11.3 Å². The second kappa shape index (κ2) is 8.97. The molecule has 28 heavy (non-hydrogen) atoms. The summed E-state index contributed by atoms with van der Waals surface area (Å²) >= 11 is 0. The summed E-state index contributed by atoms with van der Waals surface area (Å²) in [6, 6.07) is 8.14. The first-order valence-corrected chi connectivity index (χ1v) is 8.64. The molecule has 0 spiro atoms. The first-order valence-electron chi connectivity index (χ1n) is 8.64. The molecule has 1 unspecified atom stereocenters. The Hall–Kier alpha value is -2.74. The zero-order valence-corrected chi connectivity index (χ0v) is 16.2. The van der Waals surface area contributed by atoms with Gasteiger partial charge < -0.3 is 19.7 Å². The highest BCUT2D eigenvalue weighted by Gasteiger charge is 2.30. The molecule has 2 N–H and O–H groups in total. The molecule has 0 fully saturated rings. The third kappa shape index (κ3) is 5.63. The Kier molecular flexibility index (Phi) is 6.90. The lowest BCUT2D eigenvalue weighted by Crippen LogP contribution is -3.08. The summed E-state index contributed by atoms with van der Waals surface area (Å²) in [6.07, 6.45) is -4.40. The van der Waals surface area contributed by atoms with Crippen molar-refractivity contribution in [2.45, 2.75) is 19.6 Å². The molecule has 2 aromatic rings. The molecule has 152 valence electrons. The van der Waals surface area contributed by atoms with Crippen LogP contribution in [0.5, 0.6) is 11.5 Å². The van der Waals surface area contributed by atoms with Crippen molar-refractivity contribution in [3.05, 3.63) is 53.1 Å². The fraction of sp³-hybridized carbons (Fsp3) is 0.350. The number of quaternary nitrogens is 1. The van der Waals surface area contributed by atoms with E-state index in [9.17, 15) is 18.0 Å². The van der Waals surface area contributed by atoms with Gasteiger partial charge in [0.05, 0.1) is 26.8 Å². The van der Waals surface area contributed by atoms with Crippen LogP contribution < -0.4 is 19.7 Å². The number of amides is 1. The third-order valence-electron chi connectivity index (χ3n) is 4.29. The summed E-state index contributed by atoms with van der Waals surface area (Å²) in [5.41, 5.74) is 1.60. The Bertz CT molecular complexity index is 821. The number of carbonyl (C=O) groups is 1. The van der Waals surface area contributed by atoms with Gasteiger partial charge >= 0.3 is 6.18 Å². The molecule has 1 amide bonds. The maximum absolute atomic E-state index is 12.6. The van der Waals surface area contributed by atoms with Gasteiger partial charge in [-0.15, -0.1) is 0 Å². The van der Waals surface area contributed by atoms with E-state index in [2.05, 4.69) is 5.32 Å². The van der Waals surface area contributed by atoms with Crippen LogP contribution in [0.2, 0.25) is 0 Å². The summed E-state index contributed by atoms with van der Waals surface area (Å²) in [6.45, 7) is 2.69. The highest BCUT2D eigenvalue weighted by atomic mass is 19.4. The van der Waals surface area contributed by atoms with Crippen LogP contribution in [0.25, 0.3) is 0 Å². The average Bonchev–Trinajstić information content (AvgIpc) is 2.62. The predicted molar refractivity (Wildman–Crippen MR) is 99.8 cm³/mol. The first-order chi connectivity index (χ1) is 13.1. The number of likely N-dealkylation sites (N-methyl/N-ethyl adjacent to an activating group) is 1. The lowest BCUT2D eigenvalue weighted by Gasteiger charge is -2.17. The minimum atomic E-state index is -4.40. The van der Waals surface area contributed by atoms with E-state index in [1.165, 1.54) is 12.1 Å². The molecule has 0 saturated heterocycles. The Labute approximate surface area is 162 Å². The predicted octanol–water partition coefficient (Wildman–Crippen LogP) is 2.68. The first kappa shape index (κ1) is 21.6. The van der Waals surface area contributed by atoms with Crippen molar-refractivity contribution in [2.24, 2.45) is 0 Å². The largest absolute Gasteiger partial charge is 0.493 e. The molecule has 0 aromatic heterocycles. The van der Waals surface area contributed by atoms with E-state index < -0.39 is 11.7 Å². The van der Waals surface area contributed by atoms with Crippen molar-refractivity contribution in [1.29, 1.82) is 0 Å². The van der Waals surface area contributed by atoms with E-state index >= 15 is 0 Å². The third-order valence-corrected chi connectivity index (χ3v) is 4.29. The van der Waals surface area contributed by atoms with Gasteiger partial charge in [-0.25, -0.2) is 0 Å². The smallest absolute Gasteiger partial charge is 0.416 e. The summed E-state index contributed by atoms with van der Waals surface area (Å²) in [7, 11) is 4.99. The summed E-state index contributed by atoms with van der Waals surface area (Å²) in [5.74, 6) is 0.974. The lowest BCUT2D eigenvalue weighted by atomic mass is 10.1. The zero-order chi connectivity index (χ0) is 20.9. The maximum atomic E-state index is 12.6. The van der Waals surface area contributed by atoms with Crippen LogP contribution in [0.1, 0.15) is 16.7 Å². The number of alkyl halides is 3. The van der Waals surface area contributed by atoms with Crippen LogP contribution in [-0.4, -0.2) is 33.7 Å². The second-order valence-electron chi connectivity index (χ2n) is 6.57. The Balaban J connectivity index is 1.97. The number of aryl methyl sites for hydroxylation is 1. The Morgan fingerprint density at radius 2 is 1.64 bits per heavy atom. The minimum Gasteiger partial charge on any atom is -0.493 e. The number of hydrogen-bond donors (Lipinski definition) is 2.